The van der Waals surface area contributed by atoms with E-state index in [1.807, 2.05) is 0 Å². The number of anilines is 4. The second-order valence-electron chi connectivity index (χ2n) is 5.96. The van der Waals surface area contributed by atoms with Gasteiger partial charge in [-0.3, -0.25) is 0 Å². The Bertz CT molecular complexity index is 1070. The lowest BCUT2D eigenvalue weighted by Gasteiger charge is -2.09. The Morgan fingerprint density at radius 3 is 1.24 bits per heavy atom. The van der Waals surface area contributed by atoms with Crippen LogP contribution in [0.25, 0.3) is 22.5 Å². The maximum Gasteiger partial charge on any atom is 0.242 e. The molecule has 144 valence electrons. The van der Waals surface area contributed by atoms with Gasteiger partial charge in [-0.15, -0.1) is 20.4 Å². The van der Waals surface area contributed by atoms with Crippen LogP contribution in [0.3, 0.4) is 0 Å². The van der Waals surface area contributed by atoms with Crippen LogP contribution in [0, 0.1) is 0 Å². The van der Waals surface area contributed by atoms with Gasteiger partial charge in [-0.05, 0) is 48.5 Å². The molecule has 2 aromatic carbocycles. The number of nitrogens with two attached hydrogens (primary N) is 4. The second-order valence-corrected chi connectivity index (χ2v) is 5.96. The molecule has 29 heavy (non-hydrogen) atoms. The van der Waals surface area contributed by atoms with Gasteiger partial charge >= 0.3 is 0 Å². The lowest BCUT2D eigenvalue weighted by Crippen LogP contribution is -2.04. The molecule has 0 radical (unpaired) electrons. The van der Waals surface area contributed by atoms with Crippen LogP contribution in [0.15, 0.2) is 48.5 Å². The van der Waals surface area contributed by atoms with Crippen molar-refractivity contribution in [1.29, 1.82) is 0 Å². The predicted octanol–water partition coefficient (Wildman–Crippen LogP) is 1.51. The molecule has 0 atom stereocenters. The van der Waals surface area contributed by atoms with E-state index in [-0.39, 0.29) is 23.5 Å². The van der Waals surface area contributed by atoms with Crippen molar-refractivity contribution in [3.63, 3.8) is 0 Å². The Morgan fingerprint density at radius 1 is 0.517 bits per heavy atom. The summed E-state index contributed by atoms with van der Waals surface area (Å²) in [6.07, 6.45) is 0. The minimum atomic E-state index is 0.0251. The highest BCUT2D eigenvalue weighted by atomic mass is 16.5. The van der Waals surface area contributed by atoms with Crippen LogP contribution >= 0.6 is 0 Å². The summed E-state index contributed by atoms with van der Waals surface area (Å²) in [7, 11) is 0. The standard InChI is InChI=1S/C18H16N10O/c19-15-13(25-27-17(21)23-15)9-1-5-11(6-2-9)29-12-7-3-10(4-8-12)14-16(20)24-18(22)28-26-14/h1-8H,(H4,19,21,23,27)(H4,20,22,24,28). The average molecular weight is 388 g/mol. The summed E-state index contributed by atoms with van der Waals surface area (Å²) >= 11 is 0. The van der Waals surface area contributed by atoms with Crippen LogP contribution in [-0.4, -0.2) is 30.4 Å². The van der Waals surface area contributed by atoms with E-state index in [1.165, 1.54) is 0 Å². The summed E-state index contributed by atoms with van der Waals surface area (Å²) < 4.78 is 5.85. The summed E-state index contributed by atoms with van der Waals surface area (Å²) in [5.41, 5.74) is 25.0. The monoisotopic (exact) mass is 388 g/mol. The number of hydrogen-bond donors (Lipinski definition) is 4. The predicted molar refractivity (Wildman–Crippen MR) is 108 cm³/mol. The molecule has 0 saturated heterocycles. The minimum Gasteiger partial charge on any atom is -0.457 e. The Labute approximate surface area is 164 Å². The third-order valence-corrected chi connectivity index (χ3v) is 3.95. The number of ether oxygens (including phenoxy) is 1. The topological polar surface area (TPSA) is 191 Å². The van der Waals surface area contributed by atoms with E-state index in [0.29, 0.717) is 22.9 Å². The zero-order valence-corrected chi connectivity index (χ0v) is 15.0. The van der Waals surface area contributed by atoms with Crippen molar-refractivity contribution in [2.75, 3.05) is 22.9 Å². The minimum absolute atomic E-state index is 0.0251. The molecule has 11 heteroatoms. The fourth-order valence-electron chi connectivity index (χ4n) is 2.61. The highest BCUT2D eigenvalue weighted by Crippen LogP contribution is 2.29. The quantitative estimate of drug-likeness (QED) is 0.396. The van der Waals surface area contributed by atoms with Crippen molar-refractivity contribution in [2.24, 2.45) is 0 Å². The molecule has 0 bridgehead atoms. The van der Waals surface area contributed by atoms with E-state index in [2.05, 4.69) is 30.4 Å². The van der Waals surface area contributed by atoms with Crippen LogP contribution < -0.4 is 27.7 Å². The van der Waals surface area contributed by atoms with Crippen LogP contribution in [0.2, 0.25) is 0 Å². The molecule has 0 aliphatic heterocycles. The largest absolute Gasteiger partial charge is 0.457 e. The molecule has 0 fully saturated rings. The number of hydrogen-bond acceptors (Lipinski definition) is 11. The van der Waals surface area contributed by atoms with Gasteiger partial charge in [0.25, 0.3) is 0 Å². The first-order valence-corrected chi connectivity index (χ1v) is 8.39. The molecule has 11 nitrogen and oxygen atoms in total. The smallest absolute Gasteiger partial charge is 0.242 e. The summed E-state index contributed by atoms with van der Waals surface area (Å²) in [5.74, 6) is 1.73. The van der Waals surface area contributed by atoms with Crippen molar-refractivity contribution in [2.45, 2.75) is 0 Å². The Balaban J connectivity index is 1.51. The lowest BCUT2D eigenvalue weighted by atomic mass is 10.1. The van der Waals surface area contributed by atoms with Gasteiger partial charge in [-0.1, -0.05) is 0 Å². The number of nitrogen functional groups attached to an aromatic ring is 4. The summed E-state index contributed by atoms with van der Waals surface area (Å²) in [6, 6.07) is 14.4. The zero-order valence-electron chi connectivity index (χ0n) is 15.0. The van der Waals surface area contributed by atoms with Crippen LogP contribution in [0.5, 0.6) is 11.5 Å². The van der Waals surface area contributed by atoms with Gasteiger partial charge in [0.05, 0.1) is 0 Å². The summed E-state index contributed by atoms with van der Waals surface area (Å²) in [5, 5.41) is 15.4. The molecular weight excluding hydrogens is 372 g/mol. The first kappa shape index (κ1) is 17.9. The van der Waals surface area contributed by atoms with Crippen LogP contribution in [-0.2, 0) is 0 Å². The molecule has 0 unspecified atom stereocenters. The molecule has 8 N–H and O–H groups in total. The van der Waals surface area contributed by atoms with Gasteiger partial charge in [-0.2, -0.15) is 9.97 Å². The zero-order chi connectivity index (χ0) is 20.4. The highest BCUT2D eigenvalue weighted by Gasteiger charge is 2.10. The van der Waals surface area contributed by atoms with Crippen molar-refractivity contribution in [3.05, 3.63) is 48.5 Å². The summed E-state index contributed by atoms with van der Waals surface area (Å²) in [6.45, 7) is 0. The van der Waals surface area contributed by atoms with E-state index < -0.39 is 0 Å². The molecule has 0 saturated carbocycles. The summed E-state index contributed by atoms with van der Waals surface area (Å²) in [4.78, 5) is 7.81. The van der Waals surface area contributed by atoms with Crippen molar-refractivity contribution >= 4 is 23.5 Å². The van der Waals surface area contributed by atoms with Crippen LogP contribution in [0.1, 0.15) is 0 Å². The lowest BCUT2D eigenvalue weighted by molar-refractivity contribution is 0.483. The molecule has 4 aromatic rings. The molecule has 0 spiro atoms. The van der Waals surface area contributed by atoms with Gasteiger partial charge in [0, 0.05) is 11.1 Å². The van der Waals surface area contributed by atoms with Gasteiger partial charge in [0.1, 0.15) is 22.9 Å². The van der Waals surface area contributed by atoms with Crippen molar-refractivity contribution in [3.8, 4) is 34.0 Å². The normalized spacial score (nSPS) is 10.6. The van der Waals surface area contributed by atoms with E-state index >= 15 is 0 Å². The van der Waals surface area contributed by atoms with Crippen LogP contribution in [0.4, 0.5) is 23.5 Å². The maximum atomic E-state index is 5.85. The van der Waals surface area contributed by atoms with Gasteiger partial charge in [-0.25, -0.2) is 0 Å². The van der Waals surface area contributed by atoms with Gasteiger partial charge < -0.3 is 27.7 Å². The first-order chi connectivity index (χ1) is 14.0. The molecule has 2 aromatic heterocycles. The molecule has 0 aliphatic rings. The molecule has 2 heterocycles. The van der Waals surface area contributed by atoms with Crippen molar-refractivity contribution in [1.82, 2.24) is 30.4 Å². The van der Waals surface area contributed by atoms with E-state index in [1.54, 1.807) is 48.5 Å². The van der Waals surface area contributed by atoms with E-state index in [4.69, 9.17) is 27.7 Å². The number of rotatable bonds is 4. The SMILES string of the molecule is Nc1nnc(-c2ccc(Oc3ccc(-c4nnc(N)nc4N)cc3)cc2)c(N)n1. The van der Waals surface area contributed by atoms with E-state index in [0.717, 1.165) is 11.1 Å². The molecule has 4 rings (SSSR count). The Hall–Kier alpha value is -4.54. The molecule has 0 aliphatic carbocycles. The fraction of sp³-hybridized carbons (Fsp3) is 0. The third-order valence-electron chi connectivity index (χ3n) is 3.95. The maximum absolute atomic E-state index is 5.85. The highest BCUT2D eigenvalue weighted by molar-refractivity contribution is 5.71. The number of benzene rings is 2. The molecule has 0 amide bonds. The third kappa shape index (κ3) is 3.78. The Kier molecular flexibility index (Phi) is 4.45. The first-order valence-electron chi connectivity index (χ1n) is 8.39. The second kappa shape index (κ2) is 7.23. The molecular formula is C18H16N10O. The number of aromatic nitrogens is 6. The van der Waals surface area contributed by atoms with E-state index in [9.17, 15) is 0 Å². The number of nitrogens with zero attached hydrogens (tertiary/aromatic N) is 6. The van der Waals surface area contributed by atoms with Gasteiger partial charge in [0.15, 0.2) is 11.6 Å². The average Bonchev–Trinajstić information content (AvgIpc) is 2.70. The van der Waals surface area contributed by atoms with Crippen molar-refractivity contribution < 1.29 is 4.74 Å². The van der Waals surface area contributed by atoms with Gasteiger partial charge in [0.2, 0.25) is 11.9 Å². The Morgan fingerprint density at radius 2 is 0.897 bits per heavy atom. The fourth-order valence-corrected chi connectivity index (χ4v) is 2.61.